The third-order valence-electron chi connectivity index (χ3n) is 7.35. The molecule has 2 aliphatic heterocycles. The van der Waals surface area contributed by atoms with Crippen LogP contribution in [0.3, 0.4) is 0 Å². The maximum Gasteiger partial charge on any atom is 0.490 e. The van der Waals surface area contributed by atoms with Crippen LogP contribution in [0.15, 0.2) is 77.7 Å². The molecular formula is C33H31F3N4O9. The number of ether oxygens (including phenoxy) is 2. The van der Waals surface area contributed by atoms with Crippen molar-refractivity contribution >= 4 is 46.1 Å². The summed E-state index contributed by atoms with van der Waals surface area (Å²) >= 11 is 0. The van der Waals surface area contributed by atoms with E-state index in [9.17, 15) is 37.5 Å². The topological polar surface area (TPSA) is 187 Å². The van der Waals surface area contributed by atoms with Gasteiger partial charge in [0.25, 0.3) is 11.5 Å². The molecule has 0 aliphatic carbocycles. The standard InChI is InChI=1S/C31H30N4O7.C2HF3O2/c1-18-17-42-31(40)34-22-5-3-4-19(12-22)15-35(16-27(36)37)30(39)28(21-7-9-24(18)26(13-21)41-2)33-23-8-6-20-10-11-32-29(38)25(20)14-23;3-2(4,5)1(6)7/h3-14,18,28,33H,15-17H2,1-2H3,(H,32,38)(H,34,40)(H,36,37);(H,6,7)/t18-,28+;/m0./s1. The number of rotatable bonds is 5. The molecule has 16 heteroatoms. The zero-order valence-electron chi connectivity index (χ0n) is 26.0. The number of aromatic nitrogens is 1. The van der Waals surface area contributed by atoms with Crippen molar-refractivity contribution in [3.05, 3.63) is 100.0 Å². The second-order valence-electron chi connectivity index (χ2n) is 10.9. The predicted molar refractivity (Wildman–Crippen MR) is 170 cm³/mol. The number of hydrogen-bond donors (Lipinski definition) is 5. The third-order valence-corrected chi connectivity index (χ3v) is 7.35. The molecule has 1 aromatic heterocycles. The second-order valence-corrected chi connectivity index (χ2v) is 10.9. The summed E-state index contributed by atoms with van der Waals surface area (Å²) in [6.45, 7) is 1.36. The van der Waals surface area contributed by atoms with Crippen molar-refractivity contribution in [2.24, 2.45) is 0 Å². The van der Waals surface area contributed by atoms with E-state index in [0.29, 0.717) is 33.6 Å². The number of amides is 2. The lowest BCUT2D eigenvalue weighted by atomic mass is 9.96. The van der Waals surface area contributed by atoms with Crippen molar-refractivity contribution in [3.63, 3.8) is 0 Å². The lowest BCUT2D eigenvalue weighted by Gasteiger charge is -2.29. The van der Waals surface area contributed by atoms with Crippen LogP contribution in [0.1, 0.15) is 35.6 Å². The number of halogens is 3. The largest absolute Gasteiger partial charge is 0.496 e. The maximum absolute atomic E-state index is 14.2. The van der Waals surface area contributed by atoms with E-state index in [0.717, 1.165) is 10.9 Å². The lowest BCUT2D eigenvalue weighted by Crippen LogP contribution is -2.40. The number of fused-ring (bicyclic) bond motifs is 10. The smallest absolute Gasteiger partial charge is 0.490 e. The molecule has 2 amide bonds. The number of carboxylic acid groups (broad SMARTS) is 2. The molecule has 0 spiro atoms. The van der Waals surface area contributed by atoms with Gasteiger partial charge in [-0.3, -0.25) is 19.7 Å². The number of alkyl halides is 3. The Kier molecular flexibility index (Phi) is 11.1. The van der Waals surface area contributed by atoms with E-state index in [1.165, 1.54) is 12.0 Å². The lowest BCUT2D eigenvalue weighted by molar-refractivity contribution is -0.192. The number of carbonyl (C=O) groups excluding carboxylic acids is 2. The van der Waals surface area contributed by atoms with E-state index in [-0.39, 0.29) is 24.6 Å². The highest BCUT2D eigenvalue weighted by Gasteiger charge is 2.38. The quantitative estimate of drug-likeness (QED) is 0.189. The maximum atomic E-state index is 14.2. The molecule has 2 atom stereocenters. The zero-order chi connectivity index (χ0) is 35.9. The van der Waals surface area contributed by atoms with E-state index in [4.69, 9.17) is 19.4 Å². The minimum absolute atomic E-state index is 0.0441. The molecule has 3 aromatic carbocycles. The van der Waals surface area contributed by atoms with E-state index < -0.39 is 42.7 Å². The number of carbonyl (C=O) groups is 4. The zero-order valence-corrected chi connectivity index (χ0v) is 26.0. The summed E-state index contributed by atoms with van der Waals surface area (Å²) in [5, 5.41) is 23.9. The van der Waals surface area contributed by atoms with Gasteiger partial charge >= 0.3 is 24.2 Å². The van der Waals surface area contributed by atoms with Gasteiger partial charge in [0, 0.05) is 41.0 Å². The first-order valence-corrected chi connectivity index (χ1v) is 14.6. The first-order chi connectivity index (χ1) is 23.2. The number of aliphatic carboxylic acids is 2. The first kappa shape index (κ1) is 35.8. The highest BCUT2D eigenvalue weighted by molar-refractivity contribution is 5.91. The van der Waals surface area contributed by atoms with Gasteiger partial charge in [-0.25, -0.2) is 9.59 Å². The molecule has 0 radical (unpaired) electrons. The van der Waals surface area contributed by atoms with Gasteiger partial charge in [0.05, 0.1) is 13.7 Å². The van der Waals surface area contributed by atoms with Gasteiger partial charge in [-0.1, -0.05) is 37.3 Å². The van der Waals surface area contributed by atoms with Crippen LogP contribution in [0.5, 0.6) is 5.75 Å². The molecule has 4 aromatic rings. The summed E-state index contributed by atoms with van der Waals surface area (Å²) in [5.74, 6) is -4.22. The number of hydrogen-bond acceptors (Lipinski definition) is 8. The van der Waals surface area contributed by atoms with Crippen LogP contribution >= 0.6 is 0 Å². The number of benzene rings is 3. The Morgan fingerprint density at radius 1 is 1.04 bits per heavy atom. The van der Waals surface area contributed by atoms with Gasteiger partial charge in [-0.2, -0.15) is 13.2 Å². The fourth-order valence-corrected chi connectivity index (χ4v) is 5.01. The van der Waals surface area contributed by atoms with Gasteiger partial charge in [-0.15, -0.1) is 0 Å². The van der Waals surface area contributed by atoms with E-state index in [2.05, 4.69) is 15.6 Å². The fourth-order valence-electron chi connectivity index (χ4n) is 5.01. The van der Waals surface area contributed by atoms with Gasteiger partial charge in [0.2, 0.25) is 0 Å². The summed E-state index contributed by atoms with van der Waals surface area (Å²) in [4.78, 5) is 63.8. The minimum Gasteiger partial charge on any atom is -0.496 e. The summed E-state index contributed by atoms with van der Waals surface area (Å²) in [7, 11) is 1.50. The minimum atomic E-state index is -5.08. The number of methoxy groups -OCH3 is 1. The Labute approximate surface area is 276 Å². The highest BCUT2D eigenvalue weighted by atomic mass is 19.4. The number of nitrogens with one attached hydrogen (secondary N) is 3. The van der Waals surface area contributed by atoms with Crippen molar-refractivity contribution in [1.29, 1.82) is 0 Å². The molecule has 0 unspecified atom stereocenters. The number of nitrogens with zero attached hydrogens (tertiary/aromatic N) is 1. The monoisotopic (exact) mass is 684 g/mol. The second kappa shape index (κ2) is 15.2. The average Bonchev–Trinajstić information content (AvgIpc) is 3.05. The van der Waals surface area contributed by atoms with Crippen molar-refractivity contribution in [1.82, 2.24) is 9.88 Å². The molecule has 0 fully saturated rings. The van der Waals surface area contributed by atoms with Crippen LogP contribution in [0.2, 0.25) is 0 Å². The van der Waals surface area contributed by atoms with Crippen LogP contribution in [0.25, 0.3) is 10.8 Å². The number of anilines is 2. The Balaban J connectivity index is 0.000000698. The Bertz CT molecular complexity index is 1930. The molecular weight excluding hydrogens is 653 g/mol. The first-order valence-electron chi connectivity index (χ1n) is 14.6. The molecule has 0 saturated heterocycles. The summed E-state index contributed by atoms with van der Waals surface area (Å²) < 4.78 is 42.9. The molecule has 5 N–H and O–H groups in total. The number of H-pyrrole nitrogens is 1. The predicted octanol–water partition coefficient (Wildman–Crippen LogP) is 5.10. The van der Waals surface area contributed by atoms with Crippen molar-refractivity contribution in [2.75, 3.05) is 30.9 Å². The van der Waals surface area contributed by atoms with Crippen LogP contribution in [-0.2, 0) is 25.7 Å². The highest BCUT2D eigenvalue weighted by Crippen LogP contribution is 2.33. The molecule has 0 saturated carbocycles. The van der Waals surface area contributed by atoms with Gasteiger partial charge < -0.3 is 34.9 Å². The van der Waals surface area contributed by atoms with Crippen molar-refractivity contribution < 1.29 is 52.0 Å². The van der Waals surface area contributed by atoms with Gasteiger partial charge in [-0.05, 0) is 52.9 Å². The molecule has 6 rings (SSSR count). The summed E-state index contributed by atoms with van der Waals surface area (Å²) in [5.41, 5.74) is 2.54. The van der Waals surface area contributed by atoms with Crippen LogP contribution in [-0.4, -0.2) is 70.5 Å². The van der Waals surface area contributed by atoms with E-state index in [1.807, 2.05) is 6.92 Å². The van der Waals surface area contributed by atoms with Crippen LogP contribution in [0, 0.1) is 0 Å². The number of carboxylic acids is 2. The van der Waals surface area contributed by atoms with Crippen LogP contribution < -0.4 is 20.9 Å². The van der Waals surface area contributed by atoms with Crippen LogP contribution in [0.4, 0.5) is 29.3 Å². The Hall–Kier alpha value is -6.06. The van der Waals surface area contributed by atoms with E-state index >= 15 is 0 Å². The van der Waals surface area contributed by atoms with Crippen molar-refractivity contribution in [2.45, 2.75) is 31.6 Å². The molecule has 13 nitrogen and oxygen atoms in total. The molecule has 4 bridgehead atoms. The Morgan fingerprint density at radius 2 is 1.78 bits per heavy atom. The van der Waals surface area contributed by atoms with Crippen molar-refractivity contribution in [3.8, 4) is 5.75 Å². The molecule has 3 heterocycles. The summed E-state index contributed by atoms with van der Waals surface area (Å²) in [6.07, 6.45) is -4.16. The normalized spacial score (nSPS) is 16.6. The van der Waals surface area contributed by atoms with Gasteiger partial charge in [0.1, 0.15) is 18.3 Å². The molecule has 258 valence electrons. The fraction of sp³-hybridized carbons (Fsp3) is 0.242. The molecule has 49 heavy (non-hydrogen) atoms. The SMILES string of the molecule is COc1cc2ccc1[C@@H](C)COC(=O)Nc1cccc(c1)CN(CC(=O)O)C(=O)[C@@H]2Nc1ccc2cc[nH]c(=O)c2c1.O=C(O)C(F)(F)F. The number of aromatic amines is 1. The number of pyridine rings is 1. The average molecular weight is 685 g/mol. The molecule has 2 aliphatic rings. The Morgan fingerprint density at radius 3 is 2.45 bits per heavy atom. The summed E-state index contributed by atoms with van der Waals surface area (Å²) in [6, 6.07) is 17.9. The third kappa shape index (κ3) is 9.27. The van der Waals surface area contributed by atoms with E-state index in [1.54, 1.807) is 72.9 Å². The van der Waals surface area contributed by atoms with Gasteiger partial charge in [0.15, 0.2) is 0 Å².